The molecule has 0 aromatic heterocycles. The monoisotopic (exact) mass is 171 g/mol. The van der Waals surface area contributed by atoms with Gasteiger partial charge in [-0.25, -0.2) is 0 Å². The fraction of sp³-hybridized carbons (Fsp3) is 1.00. The minimum Gasteiger partial charge on any atom is -0.0904 e. The van der Waals surface area contributed by atoms with Crippen molar-refractivity contribution >= 4 is 12.6 Å². The molecule has 1 radical (unpaired) electrons. The fourth-order valence-electron chi connectivity index (χ4n) is 1.77. The van der Waals surface area contributed by atoms with Crippen LogP contribution < -0.4 is 0 Å². The zero-order valence-electron chi connectivity index (χ0n) is 7.35. The molecule has 0 atom stereocenters. The molecule has 0 aromatic carbocycles. The van der Waals surface area contributed by atoms with E-state index in [9.17, 15) is 0 Å². The fourth-order valence-corrected chi connectivity index (χ4v) is 2.11. The van der Waals surface area contributed by atoms with Crippen molar-refractivity contribution in [3.8, 4) is 0 Å². The standard InChI is InChI=1S/C10H19S/c11-10-8-6-4-2-1-3-5-7-9-10/h10H,1-9H2. The van der Waals surface area contributed by atoms with Crippen molar-refractivity contribution in [3.63, 3.8) is 0 Å². The van der Waals surface area contributed by atoms with Crippen molar-refractivity contribution in [1.82, 2.24) is 0 Å². The molecule has 1 aliphatic rings. The van der Waals surface area contributed by atoms with Gasteiger partial charge in [0.15, 0.2) is 0 Å². The third-order valence-corrected chi connectivity index (χ3v) is 3.02. The second-order valence-electron chi connectivity index (χ2n) is 3.67. The Morgan fingerprint density at radius 2 is 1.00 bits per heavy atom. The minimum atomic E-state index is 0.591. The van der Waals surface area contributed by atoms with Crippen LogP contribution in [0.1, 0.15) is 57.8 Å². The summed E-state index contributed by atoms with van der Waals surface area (Å²) in [6.45, 7) is 0. The van der Waals surface area contributed by atoms with Crippen molar-refractivity contribution in [2.24, 2.45) is 0 Å². The quantitative estimate of drug-likeness (QED) is 0.515. The van der Waals surface area contributed by atoms with Gasteiger partial charge in [-0.15, -0.1) is 0 Å². The Morgan fingerprint density at radius 3 is 1.45 bits per heavy atom. The van der Waals surface area contributed by atoms with Gasteiger partial charge in [0.2, 0.25) is 0 Å². The lowest BCUT2D eigenvalue weighted by Gasteiger charge is -2.11. The molecule has 0 saturated heterocycles. The van der Waals surface area contributed by atoms with Crippen molar-refractivity contribution in [2.75, 3.05) is 0 Å². The Balaban J connectivity index is 2.12. The summed E-state index contributed by atoms with van der Waals surface area (Å²) in [5.41, 5.74) is 0. The first kappa shape index (κ1) is 9.44. The van der Waals surface area contributed by atoms with E-state index < -0.39 is 0 Å². The topological polar surface area (TPSA) is 0 Å². The van der Waals surface area contributed by atoms with Crippen LogP contribution in [-0.4, -0.2) is 5.25 Å². The highest BCUT2D eigenvalue weighted by molar-refractivity contribution is 7.80. The zero-order chi connectivity index (χ0) is 7.94. The zero-order valence-corrected chi connectivity index (χ0v) is 8.17. The molecule has 0 unspecified atom stereocenters. The third-order valence-electron chi connectivity index (χ3n) is 2.55. The molecular weight excluding hydrogens is 152 g/mol. The van der Waals surface area contributed by atoms with Crippen molar-refractivity contribution in [1.29, 1.82) is 0 Å². The van der Waals surface area contributed by atoms with Crippen LogP contribution >= 0.6 is 12.6 Å². The van der Waals surface area contributed by atoms with Crippen LogP contribution in [0.25, 0.3) is 0 Å². The van der Waals surface area contributed by atoms with Crippen LogP contribution in [0.2, 0.25) is 0 Å². The number of hydrogen-bond acceptors (Lipinski definition) is 0. The Bertz CT molecular complexity index is 80.9. The summed E-state index contributed by atoms with van der Waals surface area (Å²) in [5.74, 6) is 0. The largest absolute Gasteiger partial charge is 0.0904 e. The summed E-state index contributed by atoms with van der Waals surface area (Å²) in [6, 6.07) is 0. The summed E-state index contributed by atoms with van der Waals surface area (Å²) < 4.78 is 0. The smallest absolute Gasteiger partial charge is 0.0151 e. The first-order chi connectivity index (χ1) is 5.39. The molecule has 65 valence electrons. The van der Waals surface area contributed by atoms with E-state index in [2.05, 4.69) is 0 Å². The highest BCUT2D eigenvalue weighted by Crippen LogP contribution is 2.19. The van der Waals surface area contributed by atoms with Gasteiger partial charge in [-0.1, -0.05) is 57.6 Å². The van der Waals surface area contributed by atoms with E-state index in [1.807, 2.05) is 0 Å². The predicted molar refractivity (Wildman–Crippen MR) is 52.9 cm³/mol. The van der Waals surface area contributed by atoms with Gasteiger partial charge in [-0.3, -0.25) is 0 Å². The van der Waals surface area contributed by atoms with E-state index in [0.717, 1.165) is 0 Å². The molecule has 0 heterocycles. The van der Waals surface area contributed by atoms with Gasteiger partial charge >= 0.3 is 0 Å². The van der Waals surface area contributed by atoms with Gasteiger partial charge in [0, 0.05) is 5.25 Å². The van der Waals surface area contributed by atoms with E-state index in [0.29, 0.717) is 5.25 Å². The van der Waals surface area contributed by atoms with Crippen LogP contribution in [-0.2, 0) is 0 Å². The Morgan fingerprint density at radius 1 is 0.636 bits per heavy atom. The lowest BCUT2D eigenvalue weighted by atomic mass is 10.0. The van der Waals surface area contributed by atoms with Crippen LogP contribution in [0.5, 0.6) is 0 Å². The average molecular weight is 171 g/mol. The lowest BCUT2D eigenvalue weighted by Crippen LogP contribution is -2.00. The summed E-state index contributed by atoms with van der Waals surface area (Å²) >= 11 is 5.34. The molecule has 1 saturated carbocycles. The molecule has 0 amide bonds. The van der Waals surface area contributed by atoms with Crippen LogP contribution in [0, 0.1) is 0 Å². The third kappa shape index (κ3) is 4.73. The predicted octanol–water partition coefficient (Wildman–Crippen LogP) is 4.08. The summed E-state index contributed by atoms with van der Waals surface area (Å²) in [5, 5.41) is 0.591. The van der Waals surface area contributed by atoms with E-state index >= 15 is 0 Å². The maximum atomic E-state index is 5.34. The molecule has 11 heavy (non-hydrogen) atoms. The van der Waals surface area contributed by atoms with Gasteiger partial charge in [-0.2, -0.15) is 0 Å². The molecule has 0 spiro atoms. The molecular formula is C10H19S. The highest BCUT2D eigenvalue weighted by Gasteiger charge is 2.05. The number of rotatable bonds is 0. The normalized spacial score (nSPS) is 24.8. The molecule has 0 aromatic rings. The summed E-state index contributed by atoms with van der Waals surface area (Å²) in [7, 11) is 0. The molecule has 1 heteroatoms. The SMILES string of the molecule is [S]C1CCCCCCCCC1. The molecule has 1 rings (SSSR count). The molecule has 0 bridgehead atoms. The van der Waals surface area contributed by atoms with Crippen molar-refractivity contribution in [3.05, 3.63) is 0 Å². The minimum absolute atomic E-state index is 0.591. The van der Waals surface area contributed by atoms with E-state index in [1.165, 1.54) is 57.8 Å². The van der Waals surface area contributed by atoms with Crippen molar-refractivity contribution < 1.29 is 0 Å². The summed E-state index contributed by atoms with van der Waals surface area (Å²) in [4.78, 5) is 0. The van der Waals surface area contributed by atoms with Crippen LogP contribution in [0.3, 0.4) is 0 Å². The van der Waals surface area contributed by atoms with Gasteiger partial charge in [0.1, 0.15) is 0 Å². The highest BCUT2D eigenvalue weighted by atomic mass is 32.1. The van der Waals surface area contributed by atoms with E-state index in [-0.39, 0.29) is 0 Å². The Hall–Kier alpha value is 0.350. The average Bonchev–Trinajstić information content (AvgIpc) is 2.03. The first-order valence-electron chi connectivity index (χ1n) is 5.05. The van der Waals surface area contributed by atoms with Crippen LogP contribution in [0.15, 0.2) is 0 Å². The maximum absolute atomic E-state index is 5.34. The second kappa shape index (κ2) is 5.93. The summed E-state index contributed by atoms with van der Waals surface area (Å²) in [6.07, 6.45) is 12.6. The molecule has 0 aliphatic heterocycles. The van der Waals surface area contributed by atoms with Crippen molar-refractivity contribution in [2.45, 2.75) is 63.0 Å². The molecule has 1 aliphatic carbocycles. The Labute approximate surface area is 76.2 Å². The molecule has 0 nitrogen and oxygen atoms in total. The van der Waals surface area contributed by atoms with E-state index in [1.54, 1.807) is 0 Å². The molecule has 1 fully saturated rings. The van der Waals surface area contributed by atoms with Crippen LogP contribution in [0.4, 0.5) is 0 Å². The first-order valence-corrected chi connectivity index (χ1v) is 5.52. The number of hydrogen-bond donors (Lipinski definition) is 0. The lowest BCUT2D eigenvalue weighted by molar-refractivity contribution is 0.512. The second-order valence-corrected chi connectivity index (χ2v) is 4.34. The van der Waals surface area contributed by atoms with E-state index in [4.69, 9.17) is 12.6 Å². The Kier molecular flexibility index (Phi) is 5.09. The van der Waals surface area contributed by atoms with Gasteiger partial charge < -0.3 is 0 Å². The molecule has 0 N–H and O–H groups in total. The van der Waals surface area contributed by atoms with Gasteiger partial charge in [-0.05, 0) is 12.8 Å². The maximum Gasteiger partial charge on any atom is 0.0151 e. The van der Waals surface area contributed by atoms with Gasteiger partial charge in [0.05, 0.1) is 0 Å². The van der Waals surface area contributed by atoms with Gasteiger partial charge in [0.25, 0.3) is 0 Å².